The van der Waals surface area contributed by atoms with Crippen LogP contribution >= 0.6 is 15.9 Å². The van der Waals surface area contributed by atoms with E-state index in [0.717, 1.165) is 16.0 Å². The summed E-state index contributed by atoms with van der Waals surface area (Å²) in [7, 11) is 0. The Morgan fingerprint density at radius 3 is 2.40 bits per heavy atom. The van der Waals surface area contributed by atoms with Crippen LogP contribution in [0.5, 0.6) is 0 Å². The molecule has 1 nitrogen and oxygen atoms in total. The van der Waals surface area contributed by atoms with Crippen LogP contribution in [0.15, 0.2) is 22.7 Å². The Balaban J connectivity index is 3.23. The van der Waals surface area contributed by atoms with Crippen LogP contribution in [-0.4, -0.2) is 11.7 Å². The molecule has 0 amide bonds. The van der Waals surface area contributed by atoms with E-state index in [9.17, 15) is 0 Å². The molecule has 0 aromatic heterocycles. The zero-order valence-electron chi connectivity index (χ0n) is 9.76. The van der Waals surface area contributed by atoms with E-state index in [-0.39, 0.29) is 12.0 Å². The molecule has 1 aromatic rings. The maximum absolute atomic E-state index is 9.15. The minimum Gasteiger partial charge on any atom is -0.395 e. The lowest BCUT2D eigenvalue weighted by Gasteiger charge is -2.23. The fraction of sp³-hybridized carbons (Fsp3) is 0.462. The Labute approximate surface area is 101 Å². The van der Waals surface area contributed by atoms with Crippen molar-refractivity contribution >= 4 is 15.9 Å². The van der Waals surface area contributed by atoms with E-state index in [2.05, 4.69) is 42.8 Å². The quantitative estimate of drug-likeness (QED) is 0.869. The normalized spacial score (nSPS) is 12.2. The summed E-state index contributed by atoms with van der Waals surface area (Å²) in [6, 6.07) is 6.20. The number of aliphatic hydroxyl groups is 1. The van der Waals surface area contributed by atoms with Gasteiger partial charge in [-0.3, -0.25) is 0 Å². The molecule has 0 aliphatic carbocycles. The molecule has 0 bridgehead atoms. The van der Waals surface area contributed by atoms with Gasteiger partial charge in [0.2, 0.25) is 0 Å². The summed E-state index contributed by atoms with van der Waals surface area (Å²) in [6.45, 7) is 8.61. The van der Waals surface area contributed by atoms with Crippen molar-refractivity contribution in [2.24, 2.45) is 0 Å². The second-order valence-electron chi connectivity index (χ2n) is 4.86. The van der Waals surface area contributed by atoms with Crippen molar-refractivity contribution in [3.8, 4) is 0 Å². The van der Waals surface area contributed by atoms with Crippen LogP contribution in [0.2, 0.25) is 0 Å². The zero-order valence-corrected chi connectivity index (χ0v) is 11.4. The number of aliphatic hydroxyl groups excluding tert-OH is 1. The van der Waals surface area contributed by atoms with Crippen LogP contribution < -0.4 is 0 Å². The monoisotopic (exact) mass is 269 g/mol. The Hall–Kier alpha value is -0.340. The van der Waals surface area contributed by atoms with Gasteiger partial charge >= 0.3 is 0 Å². The Bertz CT molecular complexity index is 339. The summed E-state index contributed by atoms with van der Waals surface area (Å²) in [5, 5.41) is 9.15. The third-order valence-electron chi connectivity index (χ3n) is 2.50. The van der Waals surface area contributed by atoms with E-state index < -0.39 is 0 Å². The van der Waals surface area contributed by atoms with Crippen molar-refractivity contribution in [2.45, 2.75) is 33.1 Å². The molecule has 0 saturated carbocycles. The molecule has 15 heavy (non-hydrogen) atoms. The highest BCUT2D eigenvalue weighted by atomic mass is 79.9. The molecule has 2 heteroatoms. The average Bonchev–Trinajstić information content (AvgIpc) is 2.15. The van der Waals surface area contributed by atoms with Gasteiger partial charge in [0.05, 0.1) is 6.61 Å². The number of halogens is 1. The summed E-state index contributed by atoms with van der Waals surface area (Å²) >= 11 is 3.63. The number of benzene rings is 1. The second-order valence-corrected chi connectivity index (χ2v) is 5.65. The first-order chi connectivity index (χ1) is 6.88. The first kappa shape index (κ1) is 12.7. The largest absolute Gasteiger partial charge is 0.395 e. The van der Waals surface area contributed by atoms with Crippen molar-refractivity contribution in [3.05, 3.63) is 39.7 Å². The van der Waals surface area contributed by atoms with Crippen molar-refractivity contribution in [3.63, 3.8) is 0 Å². The summed E-state index contributed by atoms with van der Waals surface area (Å²) < 4.78 is 1.10. The highest BCUT2D eigenvalue weighted by molar-refractivity contribution is 9.10. The number of hydrogen-bond donors (Lipinski definition) is 1. The van der Waals surface area contributed by atoms with Gasteiger partial charge in [-0.25, -0.2) is 0 Å². The third-order valence-corrected chi connectivity index (χ3v) is 3.36. The summed E-state index contributed by atoms with van der Waals surface area (Å²) in [5.41, 5.74) is 2.49. The third kappa shape index (κ3) is 2.82. The minimum atomic E-state index is 0.103. The zero-order chi connectivity index (χ0) is 11.6. The highest BCUT2D eigenvalue weighted by Crippen LogP contribution is 2.34. The number of hydrogen-bond acceptors (Lipinski definition) is 1. The average molecular weight is 270 g/mol. The van der Waals surface area contributed by atoms with Crippen LogP contribution in [0, 0.1) is 5.92 Å². The van der Waals surface area contributed by atoms with Gasteiger partial charge in [-0.2, -0.15) is 0 Å². The lowest BCUT2D eigenvalue weighted by molar-refractivity contribution is 0.314. The number of rotatable bonds is 2. The smallest absolute Gasteiger partial charge is 0.0535 e. The summed E-state index contributed by atoms with van der Waals surface area (Å²) in [4.78, 5) is 0. The Morgan fingerprint density at radius 1 is 1.33 bits per heavy atom. The van der Waals surface area contributed by atoms with Crippen LogP contribution in [0.4, 0.5) is 0 Å². The van der Waals surface area contributed by atoms with Crippen LogP contribution in [0.1, 0.15) is 38.8 Å². The predicted octanol–water partition coefficient (Wildman–Crippen LogP) is 3.68. The predicted molar refractivity (Wildman–Crippen MR) is 67.9 cm³/mol. The van der Waals surface area contributed by atoms with E-state index in [4.69, 9.17) is 5.11 Å². The van der Waals surface area contributed by atoms with Gasteiger partial charge in [0.15, 0.2) is 0 Å². The van der Waals surface area contributed by atoms with Gasteiger partial charge in [0.25, 0.3) is 0 Å². The summed E-state index contributed by atoms with van der Waals surface area (Å²) in [5.74, 6) is 0.993. The molecule has 0 unspecified atom stereocenters. The van der Waals surface area contributed by atoms with E-state index in [1.54, 1.807) is 0 Å². The van der Waals surface area contributed by atoms with Crippen molar-refractivity contribution in [1.29, 1.82) is 0 Å². The molecule has 1 aromatic carbocycles. The van der Waals surface area contributed by atoms with E-state index >= 15 is 0 Å². The first-order valence-electron chi connectivity index (χ1n) is 5.10. The van der Waals surface area contributed by atoms with E-state index in [1.807, 2.05) is 19.1 Å². The SMILES string of the molecule is C[C](CO)c1cccc(C(C)(C)C)c1Br. The van der Waals surface area contributed by atoms with E-state index in [1.165, 1.54) is 5.56 Å². The molecule has 83 valence electrons. The van der Waals surface area contributed by atoms with E-state index in [0.29, 0.717) is 0 Å². The lowest BCUT2D eigenvalue weighted by Crippen LogP contribution is -2.14. The molecule has 1 radical (unpaired) electrons. The lowest BCUT2D eigenvalue weighted by atomic mass is 9.85. The molecule has 0 fully saturated rings. The molecule has 0 spiro atoms. The maximum atomic E-state index is 9.15. The van der Waals surface area contributed by atoms with Crippen LogP contribution in [0.3, 0.4) is 0 Å². The van der Waals surface area contributed by atoms with Crippen molar-refractivity contribution in [2.75, 3.05) is 6.61 Å². The standard InChI is InChI=1S/C13H18BrO/c1-9(8-15)10-6-5-7-11(12(10)14)13(2,3)4/h5-7,15H,8H2,1-4H3. The molecule has 0 saturated heterocycles. The maximum Gasteiger partial charge on any atom is 0.0535 e. The van der Waals surface area contributed by atoms with Crippen molar-refractivity contribution < 1.29 is 5.11 Å². The topological polar surface area (TPSA) is 20.2 Å². The van der Waals surface area contributed by atoms with Gasteiger partial charge in [-0.15, -0.1) is 0 Å². The molecule has 1 N–H and O–H groups in total. The van der Waals surface area contributed by atoms with Gasteiger partial charge in [-0.1, -0.05) is 61.8 Å². The molecular formula is C13H18BrO. The molecule has 0 atom stereocenters. The first-order valence-corrected chi connectivity index (χ1v) is 5.90. The van der Waals surface area contributed by atoms with Crippen molar-refractivity contribution in [1.82, 2.24) is 0 Å². The van der Waals surface area contributed by atoms with Gasteiger partial charge in [-0.05, 0) is 16.5 Å². The highest BCUT2D eigenvalue weighted by Gasteiger charge is 2.20. The second kappa shape index (κ2) is 4.67. The fourth-order valence-corrected chi connectivity index (χ4v) is 2.72. The van der Waals surface area contributed by atoms with Crippen LogP contribution in [0.25, 0.3) is 0 Å². The molecule has 0 heterocycles. The van der Waals surface area contributed by atoms with Crippen LogP contribution in [-0.2, 0) is 5.41 Å². The van der Waals surface area contributed by atoms with Gasteiger partial charge in [0, 0.05) is 10.4 Å². The minimum absolute atomic E-state index is 0.103. The summed E-state index contributed by atoms with van der Waals surface area (Å²) in [6.07, 6.45) is 0. The van der Waals surface area contributed by atoms with Gasteiger partial charge < -0.3 is 5.11 Å². The molecule has 0 aliphatic rings. The Kier molecular flexibility index (Phi) is 3.96. The molecule has 1 rings (SSSR count). The molecule has 0 aliphatic heterocycles. The molecular weight excluding hydrogens is 252 g/mol. The fourth-order valence-electron chi connectivity index (χ4n) is 1.53. The van der Waals surface area contributed by atoms with Gasteiger partial charge in [0.1, 0.15) is 0 Å². The Morgan fingerprint density at radius 2 is 1.93 bits per heavy atom.